The van der Waals surface area contributed by atoms with E-state index in [4.69, 9.17) is 10.7 Å². The van der Waals surface area contributed by atoms with Crippen LogP contribution in [0.15, 0.2) is 92.4 Å². The average molecular weight is 853 g/mol. The molecule has 5 heterocycles. The van der Waals surface area contributed by atoms with Crippen LogP contribution in [0.3, 0.4) is 0 Å². The van der Waals surface area contributed by atoms with E-state index in [-0.39, 0.29) is 94.6 Å². The summed E-state index contributed by atoms with van der Waals surface area (Å²) in [6.07, 6.45) is 0. The third-order valence-corrected chi connectivity index (χ3v) is 12.8. The van der Waals surface area contributed by atoms with Gasteiger partial charge in [-0.25, -0.2) is 38.3 Å². The summed E-state index contributed by atoms with van der Waals surface area (Å²) in [7, 11) is -12.8. The minimum Gasteiger partial charge on any atom is -0.324 e. The summed E-state index contributed by atoms with van der Waals surface area (Å²) in [5, 5.41) is 0.732. The van der Waals surface area contributed by atoms with E-state index in [9.17, 15) is 47.3 Å². The maximum atomic E-state index is 12.4. The second-order valence-electron chi connectivity index (χ2n) is 12.3. The van der Waals surface area contributed by atoms with Crippen LogP contribution in [0.25, 0.3) is 89.7 Å². The summed E-state index contributed by atoms with van der Waals surface area (Å²) in [5.41, 5.74) is 0.644. The zero-order valence-electron chi connectivity index (χ0n) is 27.2. The number of aromatic amines is 2. The number of fused-ring (bicyclic) bond motifs is 20. The molecule has 19 nitrogen and oxygen atoms in total. The fourth-order valence-corrected chi connectivity index (χ4v) is 8.64. The molecule has 3 aromatic heterocycles. The van der Waals surface area contributed by atoms with E-state index in [1.54, 1.807) is 0 Å². The monoisotopic (exact) mass is 852 g/mol. The van der Waals surface area contributed by atoms with Gasteiger partial charge >= 0.3 is 0 Å². The molecule has 0 saturated carbocycles. The van der Waals surface area contributed by atoms with Crippen molar-refractivity contribution in [2.45, 2.75) is 19.6 Å². The Balaban J connectivity index is 1.50. The van der Waals surface area contributed by atoms with Gasteiger partial charge in [0.25, 0.3) is 39.4 Å². The van der Waals surface area contributed by atoms with Crippen LogP contribution in [-0.2, 0) is 39.4 Å². The molecule has 2 aliphatic rings. The molecule has 0 unspecified atom stereocenters. The first-order chi connectivity index (χ1) is 26.2. The lowest BCUT2D eigenvalue weighted by atomic mass is 10.1. The molecule has 0 fully saturated rings. The number of hydrogen-bond acceptors (Lipinski definition) is 14. The second kappa shape index (κ2) is 11.9. The molecule has 9 rings (SSSR count). The predicted octanol–water partition coefficient (Wildman–Crippen LogP) is 4.54. The van der Waals surface area contributed by atoms with Crippen molar-refractivity contribution in [3.8, 4) is 45.6 Å². The van der Waals surface area contributed by atoms with Crippen molar-refractivity contribution in [2.24, 2.45) is 0 Å². The van der Waals surface area contributed by atoms with Crippen LogP contribution in [-0.4, -0.2) is 87.2 Å². The zero-order chi connectivity index (χ0) is 39.7. The van der Waals surface area contributed by atoms with Crippen LogP contribution in [0, 0.1) is 0 Å². The normalized spacial score (nSPS) is 13.2. The van der Waals surface area contributed by atoms with Crippen molar-refractivity contribution >= 4 is 94.2 Å². The number of aromatic nitrogens is 8. The molecule has 0 radical (unpaired) electrons. The van der Waals surface area contributed by atoms with Crippen LogP contribution >= 0.6 is 10.7 Å². The van der Waals surface area contributed by atoms with Gasteiger partial charge in [-0.15, -0.1) is 0 Å². The third kappa shape index (κ3) is 5.97. The second-order valence-corrected chi connectivity index (χ2v) is 19.1. The summed E-state index contributed by atoms with van der Waals surface area (Å²) in [6.45, 7) is 0. The molecule has 0 aliphatic carbocycles. The highest BCUT2D eigenvalue weighted by molar-refractivity contribution is 8.13. The fraction of sp³-hybridized carbons (Fsp3) is 0. The van der Waals surface area contributed by atoms with E-state index < -0.39 is 54.1 Å². The van der Waals surface area contributed by atoms with Gasteiger partial charge in [-0.2, -0.15) is 25.3 Å². The summed E-state index contributed by atoms with van der Waals surface area (Å²) in [4.78, 5) is 31.9. The molecular formula is C32H17ClN8O11S4. The van der Waals surface area contributed by atoms with E-state index in [0.29, 0.717) is 0 Å². The van der Waals surface area contributed by atoms with Gasteiger partial charge in [0.1, 0.15) is 22.6 Å². The predicted molar refractivity (Wildman–Crippen MR) is 199 cm³/mol. The van der Waals surface area contributed by atoms with Gasteiger partial charge in [-0.1, -0.05) is 0 Å². The summed E-state index contributed by atoms with van der Waals surface area (Å²) >= 11 is 0. The first kappa shape index (κ1) is 35.9. The molecule has 56 heavy (non-hydrogen) atoms. The van der Waals surface area contributed by atoms with Crippen LogP contribution in [0.5, 0.6) is 0 Å². The molecular weight excluding hydrogens is 836 g/mol. The lowest BCUT2D eigenvalue weighted by molar-refractivity contribution is 0.481. The standard InChI is InChI=1S/C32H17ClN8O11S4/c33-53(42,43)13-1-5-17-21(9-13)29-34-25(17)36-30-23-11-15(55(47,48)49)3-7-19(23)27(38-30)40-32-24-12-16(56(50,51)52)4-8-20(24)28(41-32)39-31-22-10-14(54(44,45)46)2-6-18(22)26(35-29)37-31/h1-12H,(H,44,45,46)(H,47,48,49)(H,50,51,52)(H2,34,35,36,37,38,39,40,41). The summed E-state index contributed by atoms with van der Waals surface area (Å²) in [5.74, 6) is -0.371. The van der Waals surface area contributed by atoms with Crippen LogP contribution < -0.4 is 0 Å². The molecule has 282 valence electrons. The quantitative estimate of drug-likeness (QED) is 0.120. The topological polar surface area (TPSA) is 306 Å². The Morgan fingerprint density at radius 1 is 0.393 bits per heavy atom. The van der Waals surface area contributed by atoms with E-state index in [2.05, 4.69) is 39.9 Å². The molecule has 8 bridgehead atoms. The number of halogens is 1. The molecule has 0 spiro atoms. The summed E-state index contributed by atoms with van der Waals surface area (Å²) in [6, 6.07) is 14.5. The SMILES string of the molecule is O=S(=O)(O)c1ccc2c(c1)-c1nc-2nc2[nH]c(nc3nc(nc4[nH]c(n1)c1ccc(S(=O)(=O)O)cc41)-c1ccc(S(=O)(=O)Cl)cc1-3)c1ccc(S(=O)(=O)O)cc21. The van der Waals surface area contributed by atoms with Gasteiger partial charge in [-0.3, -0.25) is 13.7 Å². The number of rotatable bonds is 4. The molecule has 24 heteroatoms. The Morgan fingerprint density at radius 2 is 0.714 bits per heavy atom. The number of H-pyrrole nitrogens is 2. The highest BCUT2D eigenvalue weighted by Crippen LogP contribution is 2.39. The smallest absolute Gasteiger partial charge is 0.294 e. The molecule has 0 saturated heterocycles. The highest BCUT2D eigenvalue weighted by atomic mass is 35.7. The van der Waals surface area contributed by atoms with Gasteiger partial charge < -0.3 is 9.97 Å². The fourth-order valence-electron chi connectivity index (χ4n) is 6.34. The van der Waals surface area contributed by atoms with Gasteiger partial charge in [0, 0.05) is 54.5 Å². The van der Waals surface area contributed by atoms with E-state index >= 15 is 0 Å². The van der Waals surface area contributed by atoms with Gasteiger partial charge in [-0.05, 0) is 72.8 Å². The van der Waals surface area contributed by atoms with Crippen molar-refractivity contribution in [3.05, 3.63) is 72.8 Å². The lowest BCUT2D eigenvalue weighted by Gasteiger charge is -2.02. The minimum absolute atomic E-state index is 0.0117. The zero-order valence-corrected chi connectivity index (χ0v) is 31.3. The first-order valence-electron chi connectivity index (χ1n) is 15.5. The molecule has 5 N–H and O–H groups in total. The summed E-state index contributed by atoms with van der Waals surface area (Å²) < 4.78 is 128. The average Bonchev–Trinajstić information content (AvgIpc) is 3.84. The number of nitrogens with one attached hydrogen (secondary N) is 2. The maximum absolute atomic E-state index is 12.4. The Kier molecular flexibility index (Phi) is 7.60. The van der Waals surface area contributed by atoms with E-state index in [1.807, 2.05) is 0 Å². The van der Waals surface area contributed by atoms with Crippen molar-refractivity contribution < 1.29 is 47.3 Å². The van der Waals surface area contributed by atoms with Gasteiger partial charge in [0.05, 0.1) is 19.6 Å². The Morgan fingerprint density at radius 3 is 1.11 bits per heavy atom. The van der Waals surface area contributed by atoms with Crippen molar-refractivity contribution in [1.82, 2.24) is 39.9 Å². The van der Waals surface area contributed by atoms with Crippen LogP contribution in [0.4, 0.5) is 0 Å². The van der Waals surface area contributed by atoms with E-state index in [1.165, 1.54) is 36.4 Å². The molecule has 7 aromatic rings. The van der Waals surface area contributed by atoms with Gasteiger partial charge in [0.15, 0.2) is 23.3 Å². The number of nitrogens with zero attached hydrogens (tertiary/aromatic N) is 6. The molecule has 4 aromatic carbocycles. The van der Waals surface area contributed by atoms with Gasteiger partial charge in [0.2, 0.25) is 0 Å². The Labute approximate surface area is 317 Å². The van der Waals surface area contributed by atoms with Crippen molar-refractivity contribution in [1.29, 1.82) is 0 Å². The number of benzene rings is 4. The molecule has 0 atom stereocenters. The third-order valence-electron chi connectivity index (χ3n) is 8.89. The lowest BCUT2D eigenvalue weighted by Crippen LogP contribution is -1.98. The first-order valence-corrected chi connectivity index (χ1v) is 22.1. The van der Waals surface area contributed by atoms with Crippen LogP contribution in [0.1, 0.15) is 0 Å². The largest absolute Gasteiger partial charge is 0.324 e. The highest BCUT2D eigenvalue weighted by Gasteiger charge is 2.26. The molecule has 2 aliphatic heterocycles. The maximum Gasteiger partial charge on any atom is 0.294 e. The van der Waals surface area contributed by atoms with E-state index in [0.717, 1.165) is 36.4 Å². The Hall–Kier alpha value is -5.79. The van der Waals surface area contributed by atoms with Crippen molar-refractivity contribution in [3.63, 3.8) is 0 Å². The minimum atomic E-state index is -4.73. The molecule has 0 amide bonds. The Bertz CT molecular complexity index is 3370. The number of hydrogen-bond donors (Lipinski definition) is 5. The van der Waals surface area contributed by atoms with Crippen LogP contribution in [0.2, 0.25) is 0 Å². The van der Waals surface area contributed by atoms with Crippen molar-refractivity contribution in [2.75, 3.05) is 0 Å².